The average Bonchev–Trinajstić information content (AvgIpc) is 3.15. The van der Waals surface area contributed by atoms with Crippen molar-refractivity contribution in [3.05, 3.63) is 33.9 Å². The molecule has 0 radical (unpaired) electrons. The lowest BCUT2D eigenvalue weighted by atomic mass is 10.1. The zero-order chi connectivity index (χ0) is 18.2. The van der Waals surface area contributed by atoms with Crippen molar-refractivity contribution in [2.75, 3.05) is 58.5 Å². The van der Waals surface area contributed by atoms with Crippen molar-refractivity contribution < 1.29 is 19.2 Å². The van der Waals surface area contributed by atoms with Crippen LogP contribution in [0.5, 0.6) is 0 Å². The van der Waals surface area contributed by atoms with E-state index < -0.39 is 4.92 Å². The van der Waals surface area contributed by atoms with Crippen LogP contribution in [0.2, 0.25) is 0 Å². The minimum atomic E-state index is -0.473. The van der Waals surface area contributed by atoms with Crippen molar-refractivity contribution >= 4 is 17.3 Å². The van der Waals surface area contributed by atoms with Crippen molar-refractivity contribution in [3.8, 4) is 0 Å². The van der Waals surface area contributed by atoms with E-state index in [2.05, 4.69) is 4.90 Å². The van der Waals surface area contributed by atoms with Crippen LogP contribution in [-0.4, -0.2) is 69.3 Å². The molecule has 0 aromatic heterocycles. The van der Waals surface area contributed by atoms with Crippen LogP contribution in [0.3, 0.4) is 0 Å². The standard InChI is InChI=1S/C17H25N3O5/c1-24-11-9-19(10-12-25-2)17(21)15-13-14(20(22)23)5-6-16(15)18-7-3-4-8-18/h5-6,13H,3-4,7-12H2,1-2H3. The van der Waals surface area contributed by atoms with Gasteiger partial charge in [-0.1, -0.05) is 0 Å². The van der Waals surface area contributed by atoms with Gasteiger partial charge in [0.05, 0.1) is 29.4 Å². The molecule has 25 heavy (non-hydrogen) atoms. The Morgan fingerprint density at radius 2 is 1.80 bits per heavy atom. The van der Waals surface area contributed by atoms with Gasteiger partial charge in [0.2, 0.25) is 0 Å². The van der Waals surface area contributed by atoms with Gasteiger partial charge in [0.15, 0.2) is 0 Å². The van der Waals surface area contributed by atoms with Gasteiger partial charge in [-0.05, 0) is 18.9 Å². The molecule has 0 spiro atoms. The Hall–Kier alpha value is -2.19. The highest BCUT2D eigenvalue weighted by Gasteiger charge is 2.25. The molecule has 2 rings (SSSR count). The van der Waals surface area contributed by atoms with Crippen molar-refractivity contribution in [2.24, 2.45) is 0 Å². The number of benzene rings is 1. The number of nitrogens with zero attached hydrogens (tertiary/aromatic N) is 3. The molecule has 1 aliphatic heterocycles. The summed E-state index contributed by atoms with van der Waals surface area (Å²) in [4.78, 5) is 27.5. The summed E-state index contributed by atoms with van der Waals surface area (Å²) >= 11 is 0. The summed E-state index contributed by atoms with van der Waals surface area (Å²) in [6.45, 7) is 3.30. The van der Waals surface area contributed by atoms with Crippen LogP contribution >= 0.6 is 0 Å². The molecule has 0 atom stereocenters. The summed E-state index contributed by atoms with van der Waals surface area (Å²) in [5.74, 6) is -0.236. The number of methoxy groups -OCH3 is 2. The predicted molar refractivity (Wildman–Crippen MR) is 94.2 cm³/mol. The summed E-state index contributed by atoms with van der Waals surface area (Å²) < 4.78 is 10.2. The van der Waals surface area contributed by atoms with Crippen LogP contribution < -0.4 is 4.90 Å². The Bertz CT molecular complexity index is 594. The van der Waals surface area contributed by atoms with Gasteiger partial charge in [0.1, 0.15) is 0 Å². The first-order chi connectivity index (χ1) is 12.1. The first-order valence-corrected chi connectivity index (χ1v) is 8.39. The Labute approximate surface area is 147 Å². The van der Waals surface area contributed by atoms with E-state index in [1.807, 2.05) is 0 Å². The van der Waals surface area contributed by atoms with E-state index in [1.165, 1.54) is 12.1 Å². The van der Waals surface area contributed by atoms with E-state index in [4.69, 9.17) is 9.47 Å². The monoisotopic (exact) mass is 351 g/mol. The molecule has 1 heterocycles. The molecular weight excluding hydrogens is 326 g/mol. The number of amides is 1. The molecule has 0 saturated carbocycles. The minimum absolute atomic E-state index is 0.0790. The molecule has 0 bridgehead atoms. The van der Waals surface area contributed by atoms with Gasteiger partial charge >= 0.3 is 0 Å². The smallest absolute Gasteiger partial charge is 0.270 e. The molecule has 1 saturated heterocycles. The highest BCUT2D eigenvalue weighted by atomic mass is 16.6. The van der Waals surface area contributed by atoms with Crippen molar-refractivity contribution in [3.63, 3.8) is 0 Å². The largest absolute Gasteiger partial charge is 0.383 e. The topological polar surface area (TPSA) is 85.1 Å². The van der Waals surface area contributed by atoms with E-state index in [9.17, 15) is 14.9 Å². The van der Waals surface area contributed by atoms with Gasteiger partial charge in [-0.15, -0.1) is 0 Å². The third-order valence-electron chi connectivity index (χ3n) is 4.29. The summed E-state index contributed by atoms with van der Waals surface area (Å²) in [5, 5.41) is 11.1. The SMILES string of the molecule is COCCN(CCOC)C(=O)c1cc([N+](=O)[O-])ccc1N1CCCC1. The van der Waals surface area contributed by atoms with Crippen LogP contribution in [0.1, 0.15) is 23.2 Å². The fourth-order valence-electron chi connectivity index (χ4n) is 2.93. The molecule has 0 aliphatic carbocycles. The van der Waals surface area contributed by atoms with Crippen LogP contribution in [0.4, 0.5) is 11.4 Å². The molecule has 1 aromatic rings. The fraction of sp³-hybridized carbons (Fsp3) is 0.588. The van der Waals surface area contributed by atoms with Gasteiger partial charge in [0.25, 0.3) is 11.6 Å². The van der Waals surface area contributed by atoms with E-state index in [0.29, 0.717) is 31.9 Å². The maximum Gasteiger partial charge on any atom is 0.270 e. The Kier molecular flexibility index (Phi) is 7.15. The molecule has 1 aromatic carbocycles. The number of rotatable bonds is 9. The maximum absolute atomic E-state index is 13.1. The zero-order valence-corrected chi connectivity index (χ0v) is 14.8. The lowest BCUT2D eigenvalue weighted by Crippen LogP contribution is -2.37. The number of carbonyl (C=O) groups excluding carboxylic acids is 1. The quantitative estimate of drug-likeness (QED) is 0.499. The Morgan fingerprint density at radius 3 is 2.32 bits per heavy atom. The molecule has 0 unspecified atom stereocenters. The third kappa shape index (κ3) is 4.90. The van der Waals surface area contributed by atoms with Crippen molar-refractivity contribution in [1.82, 2.24) is 4.90 Å². The maximum atomic E-state index is 13.1. The number of non-ortho nitro benzene ring substituents is 1. The molecule has 1 fully saturated rings. The van der Waals surface area contributed by atoms with Gasteiger partial charge < -0.3 is 19.3 Å². The fourth-order valence-corrected chi connectivity index (χ4v) is 2.93. The lowest BCUT2D eigenvalue weighted by molar-refractivity contribution is -0.384. The highest BCUT2D eigenvalue weighted by Crippen LogP contribution is 2.29. The van der Waals surface area contributed by atoms with Gasteiger partial charge in [-0.2, -0.15) is 0 Å². The van der Waals surface area contributed by atoms with Gasteiger partial charge in [-0.3, -0.25) is 14.9 Å². The molecule has 1 amide bonds. The molecule has 1 aliphatic rings. The molecule has 138 valence electrons. The highest BCUT2D eigenvalue weighted by molar-refractivity contribution is 6.00. The van der Waals surface area contributed by atoms with Crippen LogP contribution in [0, 0.1) is 10.1 Å². The second-order valence-electron chi connectivity index (χ2n) is 5.93. The minimum Gasteiger partial charge on any atom is -0.383 e. The number of anilines is 1. The molecule has 8 heteroatoms. The first kappa shape index (κ1) is 19.1. The summed E-state index contributed by atoms with van der Waals surface area (Å²) in [5.41, 5.74) is 1.04. The summed E-state index contributed by atoms with van der Waals surface area (Å²) in [7, 11) is 3.14. The van der Waals surface area contributed by atoms with Crippen molar-refractivity contribution in [2.45, 2.75) is 12.8 Å². The number of nitro benzene ring substituents is 1. The molecule has 0 N–H and O–H groups in total. The second kappa shape index (κ2) is 9.33. The molecular formula is C17H25N3O5. The van der Waals surface area contributed by atoms with Crippen LogP contribution in [0.25, 0.3) is 0 Å². The van der Waals surface area contributed by atoms with E-state index >= 15 is 0 Å². The van der Waals surface area contributed by atoms with Crippen LogP contribution in [-0.2, 0) is 9.47 Å². The van der Waals surface area contributed by atoms with E-state index in [1.54, 1.807) is 25.2 Å². The average molecular weight is 351 g/mol. The Balaban J connectivity index is 2.35. The Morgan fingerprint density at radius 1 is 1.20 bits per heavy atom. The normalized spacial score (nSPS) is 13.9. The van der Waals surface area contributed by atoms with Crippen LogP contribution in [0.15, 0.2) is 18.2 Å². The number of carbonyl (C=O) groups is 1. The summed E-state index contributed by atoms with van der Waals surface area (Å²) in [6.07, 6.45) is 2.11. The molecule has 8 nitrogen and oxygen atoms in total. The zero-order valence-electron chi connectivity index (χ0n) is 14.8. The lowest BCUT2D eigenvalue weighted by Gasteiger charge is -2.26. The second-order valence-corrected chi connectivity index (χ2v) is 5.93. The summed E-state index contributed by atoms with van der Waals surface area (Å²) in [6, 6.07) is 4.52. The van der Waals surface area contributed by atoms with Gasteiger partial charge in [0, 0.05) is 52.5 Å². The third-order valence-corrected chi connectivity index (χ3v) is 4.29. The number of hydrogen-bond donors (Lipinski definition) is 0. The number of hydrogen-bond acceptors (Lipinski definition) is 6. The van der Waals surface area contributed by atoms with Gasteiger partial charge in [-0.25, -0.2) is 0 Å². The number of nitro groups is 1. The van der Waals surface area contributed by atoms with E-state index in [0.717, 1.165) is 31.6 Å². The van der Waals surface area contributed by atoms with Crippen molar-refractivity contribution in [1.29, 1.82) is 0 Å². The first-order valence-electron chi connectivity index (χ1n) is 8.39. The predicted octanol–water partition coefficient (Wildman–Crippen LogP) is 1.93. The number of ether oxygens (including phenoxy) is 2. The van der Waals surface area contributed by atoms with E-state index in [-0.39, 0.29) is 11.6 Å².